The molecule has 0 atom stereocenters. The van der Waals surface area contributed by atoms with Crippen molar-refractivity contribution in [1.29, 1.82) is 0 Å². The maximum atomic E-state index is 11.7. The van der Waals surface area contributed by atoms with Crippen LogP contribution in [0.1, 0.15) is 41.0 Å². The second-order valence-corrected chi connectivity index (χ2v) is 4.33. The summed E-state index contributed by atoms with van der Waals surface area (Å²) < 4.78 is 10.1. The lowest BCUT2D eigenvalue weighted by molar-refractivity contribution is -0.166. The molecule has 0 aromatic carbocycles. The highest BCUT2D eigenvalue weighted by atomic mass is 16.6. The molecule has 98 valence electrons. The van der Waals surface area contributed by atoms with E-state index in [4.69, 9.17) is 9.47 Å². The van der Waals surface area contributed by atoms with Crippen molar-refractivity contribution in [1.82, 2.24) is 0 Å². The summed E-state index contributed by atoms with van der Waals surface area (Å²) in [5.74, 6) is -1.91. The molecule has 0 saturated carbocycles. The van der Waals surface area contributed by atoms with Crippen LogP contribution in [-0.2, 0) is 19.1 Å². The molecule has 0 bridgehead atoms. The van der Waals surface area contributed by atoms with E-state index in [-0.39, 0.29) is 12.2 Å². The van der Waals surface area contributed by atoms with E-state index < -0.39 is 17.9 Å². The zero-order valence-electron chi connectivity index (χ0n) is 11.2. The topological polar surface area (TPSA) is 52.6 Å². The summed E-state index contributed by atoms with van der Waals surface area (Å²) in [6, 6.07) is 0. The summed E-state index contributed by atoms with van der Waals surface area (Å²) in [6.45, 7) is 8.83. The molecule has 0 aliphatic heterocycles. The fraction of sp³-hybridized carbons (Fsp3) is 0.692. The van der Waals surface area contributed by atoms with Gasteiger partial charge in [0.25, 0.3) is 0 Å². The minimum Gasteiger partial charge on any atom is -0.462 e. The Labute approximate surface area is 103 Å². The van der Waals surface area contributed by atoms with E-state index in [1.807, 2.05) is 6.92 Å². The van der Waals surface area contributed by atoms with Crippen LogP contribution in [0.3, 0.4) is 0 Å². The van der Waals surface area contributed by atoms with Crippen LogP contribution in [-0.4, -0.2) is 24.1 Å². The number of hydrogen-bond donors (Lipinski definition) is 0. The second kappa shape index (κ2) is 7.87. The number of ether oxygens (including phenoxy) is 2. The maximum absolute atomic E-state index is 11.7. The predicted molar refractivity (Wildman–Crippen MR) is 65.4 cm³/mol. The molecule has 0 aliphatic rings. The van der Waals surface area contributed by atoms with Crippen molar-refractivity contribution in [2.75, 3.05) is 0 Å². The SMILES string of the molecule is C/C=C/CC(C(=O)OC(C)C)C(=O)OC(C)C. The molecular weight excluding hydrogens is 220 g/mol. The number of hydrogen-bond acceptors (Lipinski definition) is 4. The Morgan fingerprint density at radius 1 is 1.00 bits per heavy atom. The third-order valence-electron chi connectivity index (χ3n) is 1.88. The first-order valence-electron chi connectivity index (χ1n) is 5.90. The highest BCUT2D eigenvalue weighted by Crippen LogP contribution is 2.12. The van der Waals surface area contributed by atoms with Gasteiger partial charge < -0.3 is 9.47 Å². The lowest BCUT2D eigenvalue weighted by Crippen LogP contribution is -2.30. The molecule has 0 saturated heterocycles. The van der Waals surface area contributed by atoms with E-state index in [1.54, 1.807) is 39.8 Å². The molecule has 17 heavy (non-hydrogen) atoms. The first kappa shape index (κ1) is 15.7. The zero-order chi connectivity index (χ0) is 13.4. The van der Waals surface area contributed by atoms with Crippen molar-refractivity contribution in [3.63, 3.8) is 0 Å². The van der Waals surface area contributed by atoms with Gasteiger partial charge >= 0.3 is 11.9 Å². The Morgan fingerprint density at radius 2 is 1.41 bits per heavy atom. The van der Waals surface area contributed by atoms with Crippen molar-refractivity contribution in [2.24, 2.45) is 5.92 Å². The van der Waals surface area contributed by atoms with Gasteiger partial charge in [-0.2, -0.15) is 0 Å². The molecule has 0 spiro atoms. The van der Waals surface area contributed by atoms with Crippen molar-refractivity contribution in [3.05, 3.63) is 12.2 Å². The minimum absolute atomic E-state index is 0.234. The van der Waals surface area contributed by atoms with Crippen LogP contribution in [0.25, 0.3) is 0 Å². The van der Waals surface area contributed by atoms with Gasteiger partial charge in [0.2, 0.25) is 0 Å². The van der Waals surface area contributed by atoms with Crippen LogP contribution in [0.4, 0.5) is 0 Å². The fourth-order valence-electron chi connectivity index (χ4n) is 1.19. The van der Waals surface area contributed by atoms with E-state index in [0.717, 1.165) is 0 Å². The minimum atomic E-state index is -0.865. The number of carbonyl (C=O) groups excluding carboxylic acids is 2. The summed E-state index contributed by atoms with van der Waals surface area (Å²) in [4.78, 5) is 23.5. The fourth-order valence-corrected chi connectivity index (χ4v) is 1.19. The monoisotopic (exact) mass is 242 g/mol. The molecule has 0 aliphatic carbocycles. The van der Waals surface area contributed by atoms with E-state index in [1.165, 1.54) is 0 Å². The Kier molecular flexibility index (Phi) is 7.26. The third-order valence-corrected chi connectivity index (χ3v) is 1.88. The first-order valence-corrected chi connectivity index (χ1v) is 5.90. The Bertz CT molecular complexity index is 257. The van der Waals surface area contributed by atoms with Crippen LogP contribution >= 0.6 is 0 Å². The lowest BCUT2D eigenvalue weighted by Gasteiger charge is -2.17. The van der Waals surface area contributed by atoms with E-state index >= 15 is 0 Å². The smallest absolute Gasteiger partial charge is 0.320 e. The van der Waals surface area contributed by atoms with Gasteiger partial charge in [-0.1, -0.05) is 12.2 Å². The molecule has 0 fully saturated rings. The molecule has 4 heteroatoms. The molecule has 0 heterocycles. The Balaban J connectivity index is 4.62. The average Bonchev–Trinajstić information content (AvgIpc) is 2.15. The number of allylic oxidation sites excluding steroid dienone is 2. The van der Waals surface area contributed by atoms with Crippen LogP contribution < -0.4 is 0 Å². The van der Waals surface area contributed by atoms with Crippen LogP contribution in [0.2, 0.25) is 0 Å². The van der Waals surface area contributed by atoms with Crippen molar-refractivity contribution < 1.29 is 19.1 Å². The number of carbonyl (C=O) groups is 2. The van der Waals surface area contributed by atoms with Crippen molar-refractivity contribution in [3.8, 4) is 0 Å². The standard InChI is InChI=1S/C13H22O4/c1-6-7-8-11(12(14)16-9(2)3)13(15)17-10(4)5/h6-7,9-11H,8H2,1-5H3/b7-6+. The molecule has 0 N–H and O–H groups in total. The van der Waals surface area contributed by atoms with Gasteiger partial charge in [-0.05, 0) is 41.0 Å². The van der Waals surface area contributed by atoms with E-state index in [0.29, 0.717) is 6.42 Å². The molecule has 0 aromatic rings. The molecular formula is C13H22O4. The summed E-state index contributed by atoms with van der Waals surface area (Å²) in [5.41, 5.74) is 0. The number of esters is 2. The molecule has 0 rings (SSSR count). The van der Waals surface area contributed by atoms with Gasteiger partial charge in [0.15, 0.2) is 5.92 Å². The summed E-state index contributed by atoms with van der Waals surface area (Å²) in [7, 11) is 0. The third kappa shape index (κ3) is 6.76. The second-order valence-electron chi connectivity index (χ2n) is 4.33. The summed E-state index contributed by atoms with van der Waals surface area (Å²) in [6.07, 6.45) is 3.39. The van der Waals surface area contributed by atoms with Gasteiger partial charge in [-0.25, -0.2) is 0 Å². The maximum Gasteiger partial charge on any atom is 0.320 e. The normalized spacial score (nSPS) is 11.5. The van der Waals surface area contributed by atoms with Gasteiger partial charge in [-0.3, -0.25) is 9.59 Å². The van der Waals surface area contributed by atoms with E-state index in [2.05, 4.69) is 0 Å². The zero-order valence-corrected chi connectivity index (χ0v) is 11.2. The van der Waals surface area contributed by atoms with Crippen molar-refractivity contribution in [2.45, 2.75) is 53.2 Å². The largest absolute Gasteiger partial charge is 0.462 e. The Morgan fingerprint density at radius 3 is 1.71 bits per heavy atom. The highest BCUT2D eigenvalue weighted by Gasteiger charge is 2.29. The lowest BCUT2D eigenvalue weighted by atomic mass is 10.1. The molecule has 4 nitrogen and oxygen atoms in total. The number of rotatable bonds is 6. The summed E-state index contributed by atoms with van der Waals surface area (Å²) in [5, 5.41) is 0. The Hall–Kier alpha value is -1.32. The first-order chi connectivity index (χ1) is 7.88. The average molecular weight is 242 g/mol. The van der Waals surface area contributed by atoms with Gasteiger partial charge in [0, 0.05) is 0 Å². The molecule has 0 aromatic heterocycles. The highest BCUT2D eigenvalue weighted by molar-refractivity contribution is 5.95. The quantitative estimate of drug-likeness (QED) is 0.408. The summed E-state index contributed by atoms with van der Waals surface area (Å²) >= 11 is 0. The molecule has 0 radical (unpaired) electrons. The van der Waals surface area contributed by atoms with Gasteiger partial charge in [0.05, 0.1) is 12.2 Å². The van der Waals surface area contributed by atoms with Crippen LogP contribution in [0, 0.1) is 5.92 Å². The van der Waals surface area contributed by atoms with Crippen molar-refractivity contribution >= 4 is 11.9 Å². The predicted octanol–water partition coefficient (Wildman–Crippen LogP) is 2.47. The van der Waals surface area contributed by atoms with Crippen LogP contribution in [0.15, 0.2) is 12.2 Å². The van der Waals surface area contributed by atoms with Gasteiger partial charge in [-0.15, -0.1) is 0 Å². The van der Waals surface area contributed by atoms with Gasteiger partial charge in [0.1, 0.15) is 0 Å². The van der Waals surface area contributed by atoms with Crippen LogP contribution in [0.5, 0.6) is 0 Å². The van der Waals surface area contributed by atoms with E-state index in [9.17, 15) is 9.59 Å². The molecule has 0 amide bonds. The molecule has 0 unspecified atom stereocenters.